The molecule has 0 spiro atoms. The van der Waals surface area contributed by atoms with Crippen LogP contribution in [0.4, 0.5) is 0 Å². The highest BCUT2D eigenvalue weighted by molar-refractivity contribution is 9.10. The Hall–Kier alpha value is -0.220. The normalized spacial score (nSPS) is 18.5. The van der Waals surface area contributed by atoms with Crippen LogP contribution in [0.5, 0.6) is 0 Å². The molecule has 21 heavy (non-hydrogen) atoms. The van der Waals surface area contributed by atoms with Gasteiger partial charge in [0, 0.05) is 47.5 Å². The molecule has 1 fully saturated rings. The van der Waals surface area contributed by atoms with Crippen LogP contribution >= 0.6 is 15.9 Å². The summed E-state index contributed by atoms with van der Waals surface area (Å²) in [5.41, 5.74) is 0. The molecule has 9 heteroatoms. The second-order valence-electron chi connectivity index (χ2n) is 5.14. The third-order valence-electron chi connectivity index (χ3n) is 3.15. The van der Waals surface area contributed by atoms with Gasteiger partial charge in [-0.1, -0.05) is 13.8 Å². The number of halogens is 1. The number of sulfonamides is 1. The summed E-state index contributed by atoms with van der Waals surface area (Å²) in [5.74, 6) is 1.34. The lowest BCUT2D eigenvalue weighted by Crippen LogP contribution is -2.41. The first-order valence-corrected chi connectivity index (χ1v) is 10.4. The van der Waals surface area contributed by atoms with E-state index >= 15 is 0 Å². The first-order chi connectivity index (χ1) is 9.80. The topological polar surface area (TPSA) is 79.6 Å². The molecule has 0 radical (unpaired) electrons. The standard InChI is InChI=1S/C12H19BrN2O4S2/c1-9(2)14-8-10-7-11(12(13)19-10)21(17,18)15-3-5-20(16)6-4-15/h7,9,14H,3-6,8H2,1-2H3. The van der Waals surface area contributed by atoms with Gasteiger partial charge in [0.25, 0.3) is 0 Å². The monoisotopic (exact) mass is 398 g/mol. The number of nitrogens with zero attached hydrogens (tertiary/aromatic N) is 1. The fourth-order valence-corrected chi connectivity index (χ4v) is 5.65. The Labute approximate surface area is 135 Å². The van der Waals surface area contributed by atoms with Crippen molar-refractivity contribution in [2.45, 2.75) is 31.3 Å². The molecule has 0 amide bonds. The van der Waals surface area contributed by atoms with Crippen LogP contribution in [0.25, 0.3) is 0 Å². The molecule has 1 aliphatic rings. The molecule has 0 saturated carbocycles. The lowest BCUT2D eigenvalue weighted by atomic mass is 10.3. The van der Waals surface area contributed by atoms with Crippen LogP contribution in [0.3, 0.4) is 0 Å². The number of nitrogens with one attached hydrogen (secondary N) is 1. The van der Waals surface area contributed by atoms with E-state index in [1.165, 1.54) is 4.31 Å². The quantitative estimate of drug-likeness (QED) is 0.808. The van der Waals surface area contributed by atoms with Gasteiger partial charge in [-0.15, -0.1) is 0 Å². The van der Waals surface area contributed by atoms with Gasteiger partial charge in [0.1, 0.15) is 10.7 Å². The van der Waals surface area contributed by atoms with Gasteiger partial charge >= 0.3 is 0 Å². The minimum atomic E-state index is -3.60. The zero-order valence-electron chi connectivity index (χ0n) is 12.0. The molecule has 0 atom stereocenters. The average Bonchev–Trinajstić information content (AvgIpc) is 2.79. The van der Waals surface area contributed by atoms with E-state index in [9.17, 15) is 12.6 Å². The third-order valence-corrected chi connectivity index (χ3v) is 7.18. The van der Waals surface area contributed by atoms with Crippen molar-refractivity contribution in [3.8, 4) is 0 Å². The van der Waals surface area contributed by atoms with Crippen LogP contribution < -0.4 is 5.32 Å². The molecule has 1 saturated heterocycles. The first kappa shape index (κ1) is 17.1. The smallest absolute Gasteiger partial charge is 0.247 e. The van der Waals surface area contributed by atoms with E-state index in [4.69, 9.17) is 4.42 Å². The van der Waals surface area contributed by atoms with Gasteiger partial charge in [0.05, 0.1) is 6.54 Å². The SMILES string of the molecule is CC(C)NCc1cc(S(=O)(=O)N2CCS(=O)CC2)c(Br)o1. The fourth-order valence-electron chi connectivity index (χ4n) is 1.97. The fraction of sp³-hybridized carbons (Fsp3) is 0.667. The first-order valence-electron chi connectivity index (χ1n) is 6.67. The van der Waals surface area contributed by atoms with Crippen molar-refractivity contribution < 1.29 is 17.0 Å². The lowest BCUT2D eigenvalue weighted by Gasteiger charge is -2.24. The molecule has 1 N–H and O–H groups in total. The van der Waals surface area contributed by atoms with Crippen molar-refractivity contribution in [2.24, 2.45) is 0 Å². The van der Waals surface area contributed by atoms with Crippen molar-refractivity contribution >= 4 is 36.8 Å². The van der Waals surface area contributed by atoms with Crippen LogP contribution in [0, 0.1) is 0 Å². The number of hydrogen-bond donors (Lipinski definition) is 1. The van der Waals surface area contributed by atoms with E-state index in [1.54, 1.807) is 6.07 Å². The molecule has 0 aliphatic carbocycles. The van der Waals surface area contributed by atoms with E-state index in [0.29, 0.717) is 23.8 Å². The van der Waals surface area contributed by atoms with Crippen LogP contribution in [0.1, 0.15) is 19.6 Å². The molecule has 1 aromatic heterocycles. The summed E-state index contributed by atoms with van der Waals surface area (Å²) < 4.78 is 43.5. The highest BCUT2D eigenvalue weighted by Gasteiger charge is 2.31. The summed E-state index contributed by atoms with van der Waals surface area (Å²) in [6, 6.07) is 1.83. The number of furan rings is 1. The van der Waals surface area contributed by atoms with E-state index < -0.39 is 20.8 Å². The molecule has 0 aromatic carbocycles. The largest absolute Gasteiger partial charge is 0.452 e. The van der Waals surface area contributed by atoms with Crippen molar-refractivity contribution in [3.63, 3.8) is 0 Å². The molecular formula is C12H19BrN2O4S2. The van der Waals surface area contributed by atoms with Crippen molar-refractivity contribution in [1.82, 2.24) is 9.62 Å². The van der Waals surface area contributed by atoms with Gasteiger partial charge in [-0.05, 0) is 15.9 Å². The highest BCUT2D eigenvalue weighted by atomic mass is 79.9. The third kappa shape index (κ3) is 4.16. The summed E-state index contributed by atoms with van der Waals surface area (Å²) in [6.45, 7) is 5.04. The highest BCUT2D eigenvalue weighted by Crippen LogP contribution is 2.29. The molecule has 0 unspecified atom stereocenters. The zero-order valence-corrected chi connectivity index (χ0v) is 15.2. The van der Waals surface area contributed by atoms with Crippen LogP contribution in [0.15, 0.2) is 20.0 Å². The van der Waals surface area contributed by atoms with Gasteiger partial charge in [-0.3, -0.25) is 4.21 Å². The van der Waals surface area contributed by atoms with Gasteiger partial charge in [-0.25, -0.2) is 8.42 Å². The summed E-state index contributed by atoms with van der Waals surface area (Å²) in [6.07, 6.45) is 0. The van der Waals surface area contributed by atoms with Gasteiger partial charge in [0.2, 0.25) is 10.0 Å². The molecule has 1 aliphatic heterocycles. The Bertz CT molecular complexity index is 617. The summed E-state index contributed by atoms with van der Waals surface area (Å²) in [4.78, 5) is 0.135. The van der Waals surface area contributed by atoms with Crippen molar-refractivity contribution in [3.05, 3.63) is 16.5 Å². The maximum atomic E-state index is 12.6. The second-order valence-corrected chi connectivity index (χ2v) is 9.46. The maximum absolute atomic E-state index is 12.6. The molecule has 0 bridgehead atoms. The van der Waals surface area contributed by atoms with Gasteiger partial charge in [0.15, 0.2) is 4.67 Å². The minimum Gasteiger partial charge on any atom is -0.452 e. The average molecular weight is 399 g/mol. The zero-order chi connectivity index (χ0) is 15.6. The minimum absolute atomic E-state index is 0.135. The summed E-state index contributed by atoms with van der Waals surface area (Å²) in [7, 11) is -4.52. The van der Waals surface area contributed by atoms with Gasteiger partial charge < -0.3 is 9.73 Å². The number of rotatable bonds is 5. The molecule has 120 valence electrons. The molecular weight excluding hydrogens is 380 g/mol. The number of hydrogen-bond acceptors (Lipinski definition) is 5. The summed E-state index contributed by atoms with van der Waals surface area (Å²) in [5, 5.41) is 3.18. The van der Waals surface area contributed by atoms with E-state index in [1.807, 2.05) is 13.8 Å². The Morgan fingerprint density at radius 3 is 2.62 bits per heavy atom. The van der Waals surface area contributed by atoms with Gasteiger partial charge in [-0.2, -0.15) is 4.31 Å². The molecule has 6 nitrogen and oxygen atoms in total. The molecule has 2 heterocycles. The Morgan fingerprint density at radius 1 is 1.43 bits per heavy atom. The van der Waals surface area contributed by atoms with E-state index in [2.05, 4.69) is 21.2 Å². The van der Waals surface area contributed by atoms with Crippen LogP contribution in [0.2, 0.25) is 0 Å². The van der Waals surface area contributed by atoms with E-state index in [0.717, 1.165) is 0 Å². The summed E-state index contributed by atoms with van der Waals surface area (Å²) >= 11 is 3.18. The maximum Gasteiger partial charge on any atom is 0.247 e. The van der Waals surface area contributed by atoms with Crippen LogP contribution in [-0.4, -0.2) is 47.6 Å². The predicted octanol–water partition coefficient (Wildman–Crippen LogP) is 1.29. The van der Waals surface area contributed by atoms with Crippen molar-refractivity contribution in [2.75, 3.05) is 24.6 Å². The molecule has 2 rings (SSSR count). The predicted molar refractivity (Wildman–Crippen MR) is 85.0 cm³/mol. The Balaban J connectivity index is 2.18. The van der Waals surface area contributed by atoms with E-state index in [-0.39, 0.29) is 28.7 Å². The Morgan fingerprint density at radius 2 is 2.05 bits per heavy atom. The Kier molecular flexibility index (Phi) is 5.64. The lowest BCUT2D eigenvalue weighted by molar-refractivity contribution is 0.431. The van der Waals surface area contributed by atoms with Crippen LogP contribution in [-0.2, 0) is 27.4 Å². The molecule has 1 aromatic rings. The van der Waals surface area contributed by atoms with Crippen molar-refractivity contribution in [1.29, 1.82) is 0 Å². The second kappa shape index (κ2) is 6.91.